The highest BCUT2D eigenvalue weighted by Gasteiger charge is 2.12. The molecule has 0 aliphatic heterocycles. The van der Waals surface area contributed by atoms with E-state index >= 15 is 0 Å². The van der Waals surface area contributed by atoms with E-state index in [0.29, 0.717) is 12.3 Å². The first-order valence-corrected chi connectivity index (χ1v) is 11.0. The van der Waals surface area contributed by atoms with Crippen LogP contribution < -0.4 is 14.8 Å². The van der Waals surface area contributed by atoms with E-state index in [4.69, 9.17) is 14.0 Å². The molecule has 0 spiro atoms. The number of benzene rings is 2. The minimum atomic E-state index is 0.620. The molecule has 7 nitrogen and oxygen atoms in total. The van der Waals surface area contributed by atoms with Gasteiger partial charge in [0.15, 0.2) is 4.34 Å². The van der Waals surface area contributed by atoms with Gasteiger partial charge in [-0.2, -0.15) is 0 Å². The van der Waals surface area contributed by atoms with Crippen molar-refractivity contribution >= 4 is 28.2 Å². The van der Waals surface area contributed by atoms with Gasteiger partial charge in [-0.05, 0) is 29.8 Å². The van der Waals surface area contributed by atoms with Crippen molar-refractivity contribution in [1.29, 1.82) is 0 Å². The number of hydrogen-bond acceptors (Lipinski definition) is 9. The third-order valence-electron chi connectivity index (χ3n) is 4.29. The zero-order valence-corrected chi connectivity index (χ0v) is 18.1. The molecule has 0 fully saturated rings. The van der Waals surface area contributed by atoms with Crippen LogP contribution in [0.15, 0.2) is 63.5 Å². The van der Waals surface area contributed by atoms with Crippen molar-refractivity contribution in [2.45, 2.75) is 16.6 Å². The van der Waals surface area contributed by atoms with Crippen LogP contribution in [-0.4, -0.2) is 29.6 Å². The third kappa shape index (κ3) is 4.92. The molecule has 0 bridgehead atoms. The van der Waals surface area contributed by atoms with Crippen molar-refractivity contribution < 1.29 is 14.0 Å². The Balaban J connectivity index is 1.32. The van der Waals surface area contributed by atoms with Crippen molar-refractivity contribution in [3.8, 4) is 22.8 Å². The highest BCUT2D eigenvalue weighted by atomic mass is 32.2. The minimum Gasteiger partial charge on any atom is -0.497 e. The van der Waals surface area contributed by atoms with E-state index in [1.807, 2.05) is 54.6 Å². The van der Waals surface area contributed by atoms with Crippen LogP contribution in [0.1, 0.15) is 11.3 Å². The van der Waals surface area contributed by atoms with Crippen molar-refractivity contribution in [2.75, 3.05) is 19.5 Å². The monoisotopic (exact) mass is 440 g/mol. The van der Waals surface area contributed by atoms with E-state index in [-0.39, 0.29) is 0 Å². The number of nitrogens with one attached hydrogen (secondary N) is 1. The first kappa shape index (κ1) is 20.2. The molecule has 0 saturated carbocycles. The average Bonchev–Trinajstić information content (AvgIpc) is 3.46. The Hall–Kier alpha value is -3.04. The highest BCUT2D eigenvalue weighted by molar-refractivity contribution is 8.00. The summed E-state index contributed by atoms with van der Waals surface area (Å²) < 4.78 is 16.9. The summed E-state index contributed by atoms with van der Waals surface area (Å²) in [5.74, 6) is 3.00. The van der Waals surface area contributed by atoms with Gasteiger partial charge >= 0.3 is 0 Å². The fraction of sp³-hybridized carbons (Fsp3) is 0.190. The first-order valence-electron chi connectivity index (χ1n) is 9.17. The molecule has 1 N–H and O–H groups in total. The highest BCUT2D eigenvalue weighted by Crippen LogP contribution is 2.32. The zero-order chi connectivity index (χ0) is 20.8. The van der Waals surface area contributed by atoms with Crippen LogP contribution in [0, 0.1) is 0 Å². The van der Waals surface area contributed by atoms with E-state index in [0.717, 1.165) is 43.6 Å². The lowest BCUT2D eigenvalue weighted by Crippen LogP contribution is -1.98. The Kier molecular flexibility index (Phi) is 6.50. The van der Waals surface area contributed by atoms with E-state index in [1.54, 1.807) is 26.0 Å². The van der Waals surface area contributed by atoms with Crippen LogP contribution in [0.25, 0.3) is 11.3 Å². The Morgan fingerprint density at radius 2 is 1.87 bits per heavy atom. The molecular weight excluding hydrogens is 420 g/mol. The Bertz CT molecular complexity index is 1100. The molecule has 4 rings (SSSR count). The van der Waals surface area contributed by atoms with E-state index in [9.17, 15) is 0 Å². The summed E-state index contributed by atoms with van der Waals surface area (Å²) in [4.78, 5) is 0. The van der Waals surface area contributed by atoms with Gasteiger partial charge in [0, 0.05) is 18.2 Å². The first-order chi connectivity index (χ1) is 14.7. The van der Waals surface area contributed by atoms with Crippen molar-refractivity contribution in [1.82, 2.24) is 15.4 Å². The zero-order valence-electron chi connectivity index (χ0n) is 16.5. The molecule has 0 aliphatic rings. The van der Waals surface area contributed by atoms with Gasteiger partial charge in [-0.25, -0.2) is 0 Å². The summed E-state index contributed by atoms with van der Waals surface area (Å²) >= 11 is 3.07. The maximum absolute atomic E-state index is 5.48. The van der Waals surface area contributed by atoms with Crippen LogP contribution in [0.3, 0.4) is 0 Å². The average molecular weight is 441 g/mol. The standard InChI is InChI=1S/C21H20N4O3S2/c1-26-15-9-7-14(8-10-15)12-22-20-23-24-21(30-20)29-13-16-11-18(25-28-16)17-5-3-4-6-19(17)27-2/h3-11H,12-13H2,1-2H3,(H,22,23). The molecule has 30 heavy (non-hydrogen) atoms. The van der Waals surface area contributed by atoms with Crippen LogP contribution in [-0.2, 0) is 12.3 Å². The van der Waals surface area contributed by atoms with Crippen LogP contribution in [0.4, 0.5) is 5.13 Å². The molecule has 2 heterocycles. The summed E-state index contributed by atoms with van der Waals surface area (Å²) in [6.45, 7) is 0.674. The lowest BCUT2D eigenvalue weighted by molar-refractivity contribution is 0.395. The number of methoxy groups -OCH3 is 2. The lowest BCUT2D eigenvalue weighted by atomic mass is 10.1. The lowest BCUT2D eigenvalue weighted by Gasteiger charge is -2.03. The van der Waals surface area contributed by atoms with Gasteiger partial charge in [0.25, 0.3) is 0 Å². The van der Waals surface area contributed by atoms with Gasteiger partial charge in [0.1, 0.15) is 23.0 Å². The fourth-order valence-electron chi connectivity index (χ4n) is 2.76. The van der Waals surface area contributed by atoms with Crippen molar-refractivity contribution in [3.63, 3.8) is 0 Å². The summed E-state index contributed by atoms with van der Waals surface area (Å²) in [5.41, 5.74) is 2.80. The molecule has 154 valence electrons. The molecule has 0 aliphatic carbocycles. The Morgan fingerprint density at radius 1 is 1.03 bits per heavy atom. The van der Waals surface area contributed by atoms with Crippen LogP contribution >= 0.6 is 23.1 Å². The molecule has 0 amide bonds. The second-order valence-corrected chi connectivity index (χ2v) is 8.44. The maximum atomic E-state index is 5.48. The van der Waals surface area contributed by atoms with Gasteiger partial charge in [-0.3, -0.25) is 0 Å². The summed E-state index contributed by atoms with van der Waals surface area (Å²) in [6.07, 6.45) is 0. The van der Waals surface area contributed by atoms with Gasteiger partial charge in [-0.15, -0.1) is 10.2 Å². The Labute approximate surface area is 182 Å². The number of nitrogens with zero attached hydrogens (tertiary/aromatic N) is 3. The summed E-state index contributed by atoms with van der Waals surface area (Å²) in [5, 5.41) is 16.7. The van der Waals surface area contributed by atoms with E-state index in [2.05, 4.69) is 20.7 Å². The smallest absolute Gasteiger partial charge is 0.206 e. The maximum Gasteiger partial charge on any atom is 0.206 e. The van der Waals surface area contributed by atoms with Gasteiger partial charge in [-0.1, -0.05) is 52.5 Å². The minimum absolute atomic E-state index is 0.620. The van der Waals surface area contributed by atoms with Crippen molar-refractivity contribution in [3.05, 3.63) is 65.9 Å². The number of ether oxygens (including phenoxy) is 2. The second-order valence-electron chi connectivity index (χ2n) is 6.24. The van der Waals surface area contributed by atoms with E-state index < -0.39 is 0 Å². The SMILES string of the molecule is COc1ccc(CNc2nnc(SCc3cc(-c4ccccc4OC)no3)s2)cc1. The molecule has 0 radical (unpaired) electrons. The topological polar surface area (TPSA) is 82.3 Å². The molecular formula is C21H20N4O3S2. The predicted octanol–water partition coefficient (Wildman–Crippen LogP) is 5.11. The number of hydrogen-bond donors (Lipinski definition) is 1. The fourth-order valence-corrected chi connectivity index (χ4v) is 4.38. The third-order valence-corrected chi connectivity index (χ3v) is 6.33. The molecule has 2 aromatic carbocycles. The van der Waals surface area contributed by atoms with Crippen molar-refractivity contribution in [2.24, 2.45) is 0 Å². The van der Waals surface area contributed by atoms with Gasteiger partial charge in [0.05, 0.1) is 20.0 Å². The number of aromatic nitrogens is 3. The summed E-state index contributed by atoms with van der Waals surface area (Å²) in [6, 6.07) is 17.6. The molecule has 0 saturated heterocycles. The molecule has 2 aromatic heterocycles. The van der Waals surface area contributed by atoms with Crippen LogP contribution in [0.5, 0.6) is 11.5 Å². The normalized spacial score (nSPS) is 10.7. The quantitative estimate of drug-likeness (QED) is 0.359. The van der Waals surface area contributed by atoms with Crippen LogP contribution in [0.2, 0.25) is 0 Å². The Morgan fingerprint density at radius 3 is 2.67 bits per heavy atom. The van der Waals surface area contributed by atoms with Gasteiger partial charge < -0.3 is 19.3 Å². The van der Waals surface area contributed by atoms with E-state index in [1.165, 1.54) is 11.3 Å². The predicted molar refractivity (Wildman–Crippen MR) is 118 cm³/mol. The number of para-hydroxylation sites is 1. The summed E-state index contributed by atoms with van der Waals surface area (Å²) in [7, 11) is 3.30. The number of rotatable bonds is 9. The number of thioether (sulfide) groups is 1. The molecule has 0 atom stereocenters. The molecule has 0 unspecified atom stereocenters. The number of anilines is 1. The second kappa shape index (κ2) is 9.64. The molecule has 4 aromatic rings. The molecule has 9 heteroatoms. The van der Waals surface area contributed by atoms with Gasteiger partial charge in [0.2, 0.25) is 5.13 Å². The largest absolute Gasteiger partial charge is 0.497 e.